The molecule has 3 N–H and O–H groups in total. The topological polar surface area (TPSA) is 78.4 Å². The van der Waals surface area contributed by atoms with Gasteiger partial charge in [0.25, 0.3) is 0 Å². The second-order valence-corrected chi connectivity index (χ2v) is 9.08. The summed E-state index contributed by atoms with van der Waals surface area (Å²) in [4.78, 5) is 25.5. The Bertz CT molecular complexity index is 850. The standard InChI is InChI=1S/C27H38N2O3/c30-20-25(27(32)28-23-16-8-6-4-2-1-3-5-7-9-17-23)29-26(31)19-22-15-12-14-21-13-10-11-18-24(21)22/h10-15,18,23,25,30H,1-9,16-17,19-20H2,(H,28,32)(H,29,31)/t25-/m0/s1. The summed E-state index contributed by atoms with van der Waals surface area (Å²) in [6.45, 7) is -0.403. The molecule has 0 aromatic heterocycles. The molecule has 2 aromatic carbocycles. The molecular weight excluding hydrogens is 400 g/mol. The van der Waals surface area contributed by atoms with E-state index >= 15 is 0 Å². The first-order valence-corrected chi connectivity index (χ1v) is 12.3. The molecule has 2 amide bonds. The van der Waals surface area contributed by atoms with Gasteiger partial charge in [-0.05, 0) is 29.2 Å². The van der Waals surface area contributed by atoms with E-state index in [1.165, 1.54) is 44.9 Å². The van der Waals surface area contributed by atoms with Gasteiger partial charge in [-0.2, -0.15) is 0 Å². The molecular formula is C27H38N2O3. The van der Waals surface area contributed by atoms with Gasteiger partial charge in [-0.15, -0.1) is 0 Å². The summed E-state index contributed by atoms with van der Waals surface area (Å²) in [5, 5.41) is 17.7. The van der Waals surface area contributed by atoms with Crippen LogP contribution in [0.15, 0.2) is 42.5 Å². The molecule has 1 aliphatic carbocycles. The Hall–Kier alpha value is -2.40. The van der Waals surface area contributed by atoms with Crippen LogP contribution in [0.1, 0.15) is 76.2 Å². The molecule has 3 rings (SSSR count). The number of carbonyl (C=O) groups is 2. The smallest absolute Gasteiger partial charge is 0.245 e. The normalized spacial score (nSPS) is 17.7. The number of fused-ring (bicyclic) bond motifs is 1. The van der Waals surface area contributed by atoms with Crippen LogP contribution in [-0.4, -0.2) is 35.6 Å². The fraction of sp³-hybridized carbons (Fsp3) is 0.556. The molecule has 1 aliphatic rings. The summed E-state index contributed by atoms with van der Waals surface area (Å²) in [5.74, 6) is -0.537. The van der Waals surface area contributed by atoms with E-state index in [0.717, 1.165) is 42.0 Å². The maximum Gasteiger partial charge on any atom is 0.245 e. The van der Waals surface area contributed by atoms with Crippen LogP contribution in [0.4, 0.5) is 0 Å². The van der Waals surface area contributed by atoms with Crippen molar-refractivity contribution in [2.45, 2.75) is 89.1 Å². The Morgan fingerprint density at radius 1 is 0.844 bits per heavy atom. The minimum atomic E-state index is -0.918. The molecule has 1 atom stereocenters. The van der Waals surface area contributed by atoms with Gasteiger partial charge in [0.15, 0.2) is 0 Å². The number of rotatable bonds is 6. The maximum absolute atomic E-state index is 12.8. The third-order valence-electron chi connectivity index (χ3n) is 6.52. The molecule has 174 valence electrons. The van der Waals surface area contributed by atoms with Gasteiger partial charge in [-0.1, -0.05) is 100 Å². The average Bonchev–Trinajstić information content (AvgIpc) is 2.79. The maximum atomic E-state index is 12.8. The first kappa shape index (κ1) is 24.2. The Kier molecular flexibility index (Phi) is 10.0. The number of aliphatic hydroxyl groups excluding tert-OH is 1. The second kappa shape index (κ2) is 13.2. The van der Waals surface area contributed by atoms with Crippen molar-refractivity contribution >= 4 is 22.6 Å². The van der Waals surface area contributed by atoms with E-state index in [-0.39, 0.29) is 24.3 Å². The molecule has 1 fully saturated rings. The van der Waals surface area contributed by atoms with Crippen LogP contribution in [0.3, 0.4) is 0 Å². The predicted octanol–water partition coefficient (Wildman–Crippen LogP) is 4.65. The van der Waals surface area contributed by atoms with E-state index in [1.54, 1.807) is 0 Å². The lowest BCUT2D eigenvalue weighted by molar-refractivity contribution is -0.130. The van der Waals surface area contributed by atoms with Crippen molar-refractivity contribution in [3.05, 3.63) is 48.0 Å². The van der Waals surface area contributed by atoms with Crippen LogP contribution in [0.2, 0.25) is 0 Å². The summed E-state index contributed by atoms with van der Waals surface area (Å²) >= 11 is 0. The fourth-order valence-electron chi connectivity index (χ4n) is 4.67. The van der Waals surface area contributed by atoms with Gasteiger partial charge in [0.2, 0.25) is 11.8 Å². The largest absolute Gasteiger partial charge is 0.394 e. The first-order valence-electron chi connectivity index (χ1n) is 12.3. The quantitative estimate of drug-likeness (QED) is 0.614. The number of nitrogens with one attached hydrogen (secondary N) is 2. The van der Waals surface area contributed by atoms with Crippen molar-refractivity contribution in [2.24, 2.45) is 0 Å². The van der Waals surface area contributed by atoms with Crippen molar-refractivity contribution in [3.63, 3.8) is 0 Å². The highest BCUT2D eigenvalue weighted by atomic mass is 16.3. The SMILES string of the molecule is O=C(Cc1cccc2ccccc12)N[C@@H](CO)C(=O)NC1CCCCCCCCCCC1. The number of aliphatic hydroxyl groups is 1. The van der Waals surface area contributed by atoms with Gasteiger partial charge in [0, 0.05) is 6.04 Å². The minimum absolute atomic E-state index is 0.117. The molecule has 0 radical (unpaired) electrons. The lowest BCUT2D eigenvalue weighted by atomic mass is 9.97. The average molecular weight is 439 g/mol. The number of hydrogen-bond acceptors (Lipinski definition) is 3. The van der Waals surface area contributed by atoms with E-state index in [4.69, 9.17) is 0 Å². The Morgan fingerprint density at radius 2 is 1.44 bits per heavy atom. The zero-order valence-corrected chi connectivity index (χ0v) is 19.2. The van der Waals surface area contributed by atoms with Gasteiger partial charge in [0.05, 0.1) is 13.0 Å². The van der Waals surface area contributed by atoms with Gasteiger partial charge in [0.1, 0.15) is 6.04 Å². The Morgan fingerprint density at radius 3 is 2.09 bits per heavy atom. The van der Waals surface area contributed by atoms with Gasteiger partial charge in [-0.3, -0.25) is 9.59 Å². The Labute approximate surface area is 192 Å². The summed E-state index contributed by atoms with van der Waals surface area (Å²) in [7, 11) is 0. The number of carbonyl (C=O) groups excluding carboxylic acids is 2. The number of amides is 2. The molecule has 0 saturated heterocycles. The highest BCUT2D eigenvalue weighted by Gasteiger charge is 2.23. The third-order valence-corrected chi connectivity index (χ3v) is 6.52. The third kappa shape index (κ3) is 7.63. The molecule has 2 aromatic rings. The lowest BCUT2D eigenvalue weighted by Crippen LogP contribution is -2.51. The van der Waals surface area contributed by atoms with E-state index in [0.29, 0.717) is 0 Å². The first-order chi connectivity index (χ1) is 15.7. The number of benzene rings is 2. The van der Waals surface area contributed by atoms with Crippen LogP contribution in [0, 0.1) is 0 Å². The van der Waals surface area contributed by atoms with Crippen molar-refractivity contribution in [3.8, 4) is 0 Å². The predicted molar refractivity (Wildman–Crippen MR) is 129 cm³/mol. The zero-order chi connectivity index (χ0) is 22.6. The van der Waals surface area contributed by atoms with Crippen molar-refractivity contribution in [1.29, 1.82) is 0 Å². The summed E-state index contributed by atoms with van der Waals surface area (Å²) < 4.78 is 0. The lowest BCUT2D eigenvalue weighted by Gasteiger charge is -2.23. The van der Waals surface area contributed by atoms with Crippen LogP contribution < -0.4 is 10.6 Å². The molecule has 0 bridgehead atoms. The monoisotopic (exact) mass is 438 g/mol. The van der Waals surface area contributed by atoms with Gasteiger partial charge < -0.3 is 15.7 Å². The molecule has 0 spiro atoms. The Balaban J connectivity index is 1.54. The summed E-state index contributed by atoms with van der Waals surface area (Å²) in [5.41, 5.74) is 0.914. The molecule has 32 heavy (non-hydrogen) atoms. The van der Waals surface area contributed by atoms with E-state index < -0.39 is 12.6 Å². The highest BCUT2D eigenvalue weighted by Crippen LogP contribution is 2.19. The molecule has 0 unspecified atom stereocenters. The zero-order valence-electron chi connectivity index (χ0n) is 19.2. The van der Waals surface area contributed by atoms with Gasteiger partial charge in [-0.25, -0.2) is 0 Å². The van der Waals surface area contributed by atoms with Crippen LogP contribution in [-0.2, 0) is 16.0 Å². The minimum Gasteiger partial charge on any atom is -0.394 e. The molecule has 0 aliphatic heterocycles. The molecule has 5 heteroatoms. The molecule has 0 heterocycles. The van der Waals surface area contributed by atoms with Crippen LogP contribution in [0.25, 0.3) is 10.8 Å². The van der Waals surface area contributed by atoms with E-state index in [2.05, 4.69) is 10.6 Å². The van der Waals surface area contributed by atoms with E-state index in [1.807, 2.05) is 42.5 Å². The van der Waals surface area contributed by atoms with Crippen molar-refractivity contribution in [2.75, 3.05) is 6.61 Å². The van der Waals surface area contributed by atoms with Crippen LogP contribution >= 0.6 is 0 Å². The molecule has 1 saturated carbocycles. The fourth-order valence-corrected chi connectivity index (χ4v) is 4.67. The van der Waals surface area contributed by atoms with Crippen molar-refractivity contribution in [1.82, 2.24) is 10.6 Å². The summed E-state index contributed by atoms with van der Waals surface area (Å²) in [6, 6.07) is 13.0. The number of hydrogen-bond donors (Lipinski definition) is 3. The highest BCUT2D eigenvalue weighted by molar-refractivity contribution is 5.92. The van der Waals surface area contributed by atoms with E-state index in [9.17, 15) is 14.7 Å². The second-order valence-electron chi connectivity index (χ2n) is 9.08. The van der Waals surface area contributed by atoms with Crippen LogP contribution in [0.5, 0.6) is 0 Å². The van der Waals surface area contributed by atoms with Crippen molar-refractivity contribution < 1.29 is 14.7 Å². The molecule has 5 nitrogen and oxygen atoms in total. The summed E-state index contributed by atoms with van der Waals surface area (Å²) in [6.07, 6.45) is 13.2. The van der Waals surface area contributed by atoms with Gasteiger partial charge >= 0.3 is 0 Å².